The van der Waals surface area contributed by atoms with E-state index in [1.807, 2.05) is 24.3 Å². The van der Waals surface area contributed by atoms with Gasteiger partial charge >= 0.3 is 0 Å². The zero-order chi connectivity index (χ0) is 16.7. The zero-order valence-electron chi connectivity index (χ0n) is 12.6. The second-order valence-corrected chi connectivity index (χ2v) is 6.55. The van der Waals surface area contributed by atoms with Crippen LogP contribution in [0.15, 0.2) is 47.4 Å². The number of carbonyl (C=O) groups excluding carboxylic acids is 1. The predicted molar refractivity (Wildman–Crippen MR) is 96.9 cm³/mol. The molecule has 122 valence electrons. The Kier molecular flexibility index (Phi) is 7.09. The van der Waals surface area contributed by atoms with E-state index >= 15 is 0 Å². The number of hydrogen-bond acceptors (Lipinski definition) is 3. The van der Waals surface area contributed by atoms with Gasteiger partial charge in [0.1, 0.15) is 5.75 Å². The molecule has 0 heterocycles. The Labute approximate surface area is 150 Å². The number of halogens is 2. The van der Waals surface area contributed by atoms with Gasteiger partial charge in [-0.25, -0.2) is 0 Å². The predicted octanol–water partition coefficient (Wildman–Crippen LogP) is 4.45. The third-order valence-electron chi connectivity index (χ3n) is 3.18. The molecule has 0 unspecified atom stereocenters. The van der Waals surface area contributed by atoms with Crippen molar-refractivity contribution in [2.24, 2.45) is 0 Å². The van der Waals surface area contributed by atoms with Crippen molar-refractivity contribution in [1.29, 1.82) is 0 Å². The standard InChI is InChI=1S/C17H17Cl2NO2S/c1-22-15-8-3-2-5-12(15)9-10-20-16(21)11-23-17-13(18)6-4-7-14(17)19/h2-8H,9-11H2,1H3,(H,20,21). The Morgan fingerprint density at radius 2 is 1.83 bits per heavy atom. The van der Waals surface area contributed by atoms with Crippen molar-refractivity contribution < 1.29 is 9.53 Å². The SMILES string of the molecule is COc1ccccc1CCNC(=O)CSc1c(Cl)cccc1Cl. The van der Waals surface area contributed by atoms with Gasteiger partial charge in [-0.1, -0.05) is 47.5 Å². The Morgan fingerprint density at radius 3 is 2.52 bits per heavy atom. The molecule has 6 heteroatoms. The summed E-state index contributed by atoms with van der Waals surface area (Å²) in [4.78, 5) is 12.7. The highest BCUT2D eigenvalue weighted by molar-refractivity contribution is 8.00. The van der Waals surface area contributed by atoms with Crippen LogP contribution in [0.1, 0.15) is 5.56 Å². The van der Waals surface area contributed by atoms with E-state index in [1.165, 1.54) is 11.8 Å². The third-order valence-corrected chi connectivity index (χ3v) is 5.16. The minimum atomic E-state index is -0.0547. The number of ether oxygens (including phenoxy) is 1. The highest BCUT2D eigenvalue weighted by Gasteiger charge is 2.09. The van der Waals surface area contributed by atoms with E-state index in [0.717, 1.165) is 16.2 Å². The van der Waals surface area contributed by atoms with Crippen LogP contribution < -0.4 is 10.1 Å². The summed E-state index contributed by atoms with van der Waals surface area (Å²) in [6, 6.07) is 13.1. The van der Waals surface area contributed by atoms with Crippen LogP contribution in [0.5, 0.6) is 5.75 Å². The number of hydrogen-bond donors (Lipinski definition) is 1. The van der Waals surface area contributed by atoms with Crippen LogP contribution in [0.3, 0.4) is 0 Å². The molecule has 0 aromatic heterocycles. The van der Waals surface area contributed by atoms with Gasteiger partial charge in [0.2, 0.25) is 5.91 Å². The number of benzene rings is 2. The Morgan fingerprint density at radius 1 is 1.13 bits per heavy atom. The van der Waals surface area contributed by atoms with Crippen molar-refractivity contribution in [2.45, 2.75) is 11.3 Å². The molecule has 0 aliphatic rings. The topological polar surface area (TPSA) is 38.3 Å². The summed E-state index contributed by atoms with van der Waals surface area (Å²) in [6.45, 7) is 0.552. The maximum atomic E-state index is 11.9. The molecule has 0 spiro atoms. The molecule has 0 aliphatic heterocycles. The molecule has 0 fully saturated rings. The number of rotatable bonds is 7. The molecular formula is C17H17Cl2NO2S. The molecule has 2 rings (SSSR count). The fourth-order valence-electron chi connectivity index (χ4n) is 2.06. The molecule has 0 saturated heterocycles. The van der Waals surface area contributed by atoms with Crippen LogP contribution in [-0.4, -0.2) is 25.3 Å². The minimum Gasteiger partial charge on any atom is -0.496 e. The fourth-order valence-corrected chi connectivity index (χ4v) is 3.57. The highest BCUT2D eigenvalue weighted by atomic mass is 35.5. The second-order valence-electron chi connectivity index (χ2n) is 4.75. The first-order chi connectivity index (χ1) is 11.1. The highest BCUT2D eigenvalue weighted by Crippen LogP contribution is 2.33. The van der Waals surface area contributed by atoms with Gasteiger partial charge in [-0.2, -0.15) is 0 Å². The second kappa shape index (κ2) is 9.06. The van der Waals surface area contributed by atoms with Gasteiger partial charge in [0, 0.05) is 11.4 Å². The molecule has 3 nitrogen and oxygen atoms in total. The molecule has 1 amide bonds. The third kappa shape index (κ3) is 5.34. The van der Waals surface area contributed by atoms with Gasteiger partial charge in [0.15, 0.2) is 0 Å². The number of para-hydroxylation sites is 1. The van der Waals surface area contributed by atoms with E-state index < -0.39 is 0 Å². The Hall–Kier alpha value is -1.36. The van der Waals surface area contributed by atoms with Gasteiger partial charge in [0.05, 0.1) is 22.9 Å². The monoisotopic (exact) mass is 369 g/mol. The summed E-state index contributed by atoms with van der Waals surface area (Å²) >= 11 is 13.5. The van der Waals surface area contributed by atoms with Crippen LogP contribution in [-0.2, 0) is 11.2 Å². The van der Waals surface area contributed by atoms with E-state index in [2.05, 4.69) is 5.32 Å². The molecule has 0 bridgehead atoms. The quantitative estimate of drug-likeness (QED) is 0.732. The lowest BCUT2D eigenvalue weighted by Gasteiger charge is -2.09. The van der Waals surface area contributed by atoms with Crippen molar-refractivity contribution in [3.63, 3.8) is 0 Å². The lowest BCUT2D eigenvalue weighted by Crippen LogP contribution is -2.27. The van der Waals surface area contributed by atoms with E-state index in [9.17, 15) is 4.79 Å². The lowest BCUT2D eigenvalue weighted by molar-refractivity contribution is -0.118. The molecule has 0 saturated carbocycles. The van der Waals surface area contributed by atoms with Crippen molar-refractivity contribution in [3.05, 3.63) is 58.1 Å². The van der Waals surface area contributed by atoms with Crippen molar-refractivity contribution in [2.75, 3.05) is 19.4 Å². The van der Waals surface area contributed by atoms with Crippen LogP contribution in [0.4, 0.5) is 0 Å². The van der Waals surface area contributed by atoms with Crippen LogP contribution in [0, 0.1) is 0 Å². The number of amides is 1. The van der Waals surface area contributed by atoms with Crippen molar-refractivity contribution in [1.82, 2.24) is 5.32 Å². The fraction of sp³-hybridized carbons (Fsp3) is 0.235. The Bertz CT molecular complexity index is 659. The van der Waals surface area contributed by atoms with E-state index in [-0.39, 0.29) is 11.7 Å². The van der Waals surface area contributed by atoms with Crippen LogP contribution in [0.2, 0.25) is 10.0 Å². The summed E-state index contributed by atoms with van der Waals surface area (Å²) in [5.74, 6) is 1.05. The van der Waals surface area contributed by atoms with Gasteiger partial charge in [-0.3, -0.25) is 4.79 Å². The van der Waals surface area contributed by atoms with Crippen LogP contribution >= 0.6 is 35.0 Å². The molecule has 0 atom stereocenters. The minimum absolute atomic E-state index is 0.0547. The molecule has 2 aromatic rings. The first-order valence-electron chi connectivity index (χ1n) is 7.07. The molecule has 23 heavy (non-hydrogen) atoms. The van der Waals surface area contributed by atoms with Crippen molar-refractivity contribution >= 4 is 40.9 Å². The largest absolute Gasteiger partial charge is 0.496 e. The summed E-state index contributed by atoms with van der Waals surface area (Å²) < 4.78 is 5.29. The molecule has 0 aliphatic carbocycles. The number of methoxy groups -OCH3 is 1. The molecule has 0 radical (unpaired) electrons. The van der Waals surface area contributed by atoms with Gasteiger partial charge in [-0.15, -0.1) is 11.8 Å². The van der Waals surface area contributed by atoms with E-state index in [1.54, 1.807) is 25.3 Å². The zero-order valence-corrected chi connectivity index (χ0v) is 15.0. The maximum absolute atomic E-state index is 11.9. The summed E-state index contributed by atoms with van der Waals surface area (Å²) in [5, 5.41) is 4.01. The first kappa shape index (κ1) is 18.0. The Balaban J connectivity index is 1.79. The van der Waals surface area contributed by atoms with E-state index in [4.69, 9.17) is 27.9 Å². The molecule has 1 N–H and O–H groups in total. The summed E-state index contributed by atoms with van der Waals surface area (Å²) in [7, 11) is 1.64. The molecule has 2 aromatic carbocycles. The van der Waals surface area contributed by atoms with Gasteiger partial charge in [-0.05, 0) is 30.2 Å². The van der Waals surface area contributed by atoms with Crippen molar-refractivity contribution in [3.8, 4) is 5.75 Å². The number of thioether (sulfide) groups is 1. The number of carbonyl (C=O) groups is 1. The average molecular weight is 370 g/mol. The first-order valence-corrected chi connectivity index (χ1v) is 8.81. The average Bonchev–Trinajstić information content (AvgIpc) is 2.55. The number of nitrogens with one attached hydrogen (secondary N) is 1. The smallest absolute Gasteiger partial charge is 0.230 e. The molecular weight excluding hydrogens is 353 g/mol. The summed E-state index contributed by atoms with van der Waals surface area (Å²) in [6.07, 6.45) is 0.716. The van der Waals surface area contributed by atoms with Gasteiger partial charge in [0.25, 0.3) is 0 Å². The van der Waals surface area contributed by atoms with Gasteiger partial charge < -0.3 is 10.1 Å². The maximum Gasteiger partial charge on any atom is 0.230 e. The van der Waals surface area contributed by atoms with Crippen LogP contribution in [0.25, 0.3) is 0 Å². The lowest BCUT2D eigenvalue weighted by atomic mass is 10.1. The normalized spacial score (nSPS) is 10.4. The summed E-state index contributed by atoms with van der Waals surface area (Å²) in [5.41, 5.74) is 1.07. The van der Waals surface area contributed by atoms with E-state index in [0.29, 0.717) is 23.0 Å².